The number of aromatic hydroxyl groups is 1. The molecule has 0 aromatic heterocycles. The number of azo groups is 1. The summed E-state index contributed by atoms with van der Waals surface area (Å²) in [6.07, 6.45) is 0. The van der Waals surface area contributed by atoms with Gasteiger partial charge in [0.2, 0.25) is 0 Å². The van der Waals surface area contributed by atoms with Crippen molar-refractivity contribution in [3.8, 4) is 5.75 Å². The van der Waals surface area contributed by atoms with E-state index in [-0.39, 0.29) is 5.69 Å². The molecule has 0 aliphatic heterocycles. The molecule has 9 nitrogen and oxygen atoms in total. The minimum atomic E-state index is -4.59. The van der Waals surface area contributed by atoms with Gasteiger partial charge in [0, 0.05) is 5.39 Å². The Kier molecular flexibility index (Phi) is 5.38. The molecule has 0 atom stereocenters. The molecule has 0 fully saturated rings. The third-order valence-electron chi connectivity index (χ3n) is 4.47. The number of hydrogen-bond acceptors (Lipinski definition) is 8. The van der Waals surface area contributed by atoms with Crippen molar-refractivity contribution in [3.63, 3.8) is 0 Å². The van der Waals surface area contributed by atoms with Crippen LogP contribution in [-0.2, 0) is 10.1 Å². The minimum absolute atomic E-state index is 0.241. The van der Waals surface area contributed by atoms with Gasteiger partial charge in [0.25, 0.3) is 10.1 Å². The van der Waals surface area contributed by atoms with E-state index in [9.17, 15) is 31.7 Å². The highest BCUT2D eigenvalue weighted by atomic mass is 32.3. The number of nitrogens with zero attached hydrogens (tertiary/aromatic N) is 2. The van der Waals surface area contributed by atoms with Crippen LogP contribution in [0.15, 0.2) is 62.5 Å². The normalized spacial score (nSPS) is 13.3. The summed E-state index contributed by atoms with van der Waals surface area (Å²) in [6.45, 7) is 3.61. The Bertz CT molecular complexity index is 1250. The van der Waals surface area contributed by atoms with Crippen molar-refractivity contribution in [3.05, 3.63) is 53.6 Å². The van der Waals surface area contributed by atoms with E-state index < -0.39 is 42.2 Å². The lowest BCUT2D eigenvalue weighted by atomic mass is 10.00. The van der Waals surface area contributed by atoms with Crippen LogP contribution in [0, 0.1) is 13.8 Å². The first kappa shape index (κ1) is 21.2. The van der Waals surface area contributed by atoms with E-state index in [1.165, 1.54) is 24.3 Å². The molecule has 11 heteroatoms. The minimum Gasteiger partial charge on any atom is -0.505 e. The van der Waals surface area contributed by atoms with Crippen LogP contribution in [0.3, 0.4) is 0 Å². The van der Waals surface area contributed by atoms with Crippen molar-refractivity contribution in [1.82, 2.24) is 0 Å². The van der Waals surface area contributed by atoms with Crippen molar-refractivity contribution in [2.24, 2.45) is 10.2 Å². The maximum atomic E-state index is 11.5. The second-order valence-electron chi connectivity index (χ2n) is 6.34. The molecule has 0 spiro atoms. The van der Waals surface area contributed by atoms with E-state index in [4.69, 9.17) is 0 Å². The fourth-order valence-corrected chi connectivity index (χ4v) is 4.14. The zero-order chi connectivity index (χ0) is 21.6. The lowest BCUT2D eigenvalue weighted by molar-refractivity contribution is 0.375. The Morgan fingerprint density at radius 1 is 0.828 bits per heavy atom. The molecule has 0 radical (unpaired) electrons. The molecule has 29 heavy (non-hydrogen) atoms. The van der Waals surface area contributed by atoms with E-state index in [2.05, 4.69) is 10.2 Å². The Morgan fingerprint density at radius 2 is 1.48 bits per heavy atom. The van der Waals surface area contributed by atoms with Crippen molar-refractivity contribution in [1.29, 1.82) is 0 Å². The van der Waals surface area contributed by atoms with Crippen molar-refractivity contribution in [2.45, 2.75) is 23.6 Å². The van der Waals surface area contributed by atoms with Crippen LogP contribution in [0.5, 0.6) is 5.75 Å². The van der Waals surface area contributed by atoms with E-state index in [1.807, 2.05) is 6.92 Å². The first-order valence-electron chi connectivity index (χ1n) is 8.16. The molecule has 5 N–H and O–H groups in total. The fraction of sp³-hybridized carbons (Fsp3) is 0.111. The summed E-state index contributed by atoms with van der Waals surface area (Å²) in [5.74, 6) is -0.470. The molecule has 0 aliphatic carbocycles. The fourth-order valence-electron chi connectivity index (χ4n) is 2.84. The van der Waals surface area contributed by atoms with Crippen LogP contribution in [0.4, 0.5) is 11.4 Å². The number of rotatable bonds is 4. The van der Waals surface area contributed by atoms with Crippen molar-refractivity contribution in [2.75, 3.05) is 0 Å². The van der Waals surface area contributed by atoms with Gasteiger partial charge in [-0.1, -0.05) is 24.3 Å². The van der Waals surface area contributed by atoms with Gasteiger partial charge in [0.15, 0.2) is 5.75 Å². The van der Waals surface area contributed by atoms with Gasteiger partial charge in [-0.25, -0.2) is 0 Å². The highest BCUT2D eigenvalue weighted by molar-refractivity contribution is 8.19. The first-order valence-corrected chi connectivity index (χ1v) is 11.1. The van der Waals surface area contributed by atoms with E-state index in [0.29, 0.717) is 10.8 Å². The standard InChI is InChI=1S/C18H18N2O7S2/c1-10-7-8-12-13(11(10)2)9-16(29(25,26)27)17(18(12)21)20-19-14-5-3-4-6-15(14)28(22,23)24/h3-9,21,25-27H,1-2H3,(H,22,23,24). The van der Waals surface area contributed by atoms with Gasteiger partial charge < -0.3 is 18.8 Å². The predicted octanol–water partition coefficient (Wildman–Crippen LogP) is 5.41. The van der Waals surface area contributed by atoms with Gasteiger partial charge in [0.05, 0.1) is 4.90 Å². The zero-order valence-electron chi connectivity index (χ0n) is 15.3. The smallest absolute Gasteiger partial charge is 0.296 e. The zero-order valence-corrected chi connectivity index (χ0v) is 16.9. The third-order valence-corrected chi connectivity index (χ3v) is 6.27. The third kappa shape index (κ3) is 4.10. The summed E-state index contributed by atoms with van der Waals surface area (Å²) in [5.41, 5.74) is 0.958. The molecule has 0 unspecified atom stereocenters. The van der Waals surface area contributed by atoms with Crippen LogP contribution in [0.1, 0.15) is 11.1 Å². The largest absolute Gasteiger partial charge is 0.505 e. The molecule has 0 heterocycles. The molecular weight excluding hydrogens is 420 g/mol. The van der Waals surface area contributed by atoms with Crippen LogP contribution < -0.4 is 0 Å². The molecule has 3 aromatic carbocycles. The molecule has 0 saturated carbocycles. The van der Waals surface area contributed by atoms with Crippen LogP contribution in [0.2, 0.25) is 0 Å². The Labute approximate surface area is 168 Å². The highest BCUT2D eigenvalue weighted by Gasteiger charge is 2.26. The molecule has 0 amide bonds. The summed E-state index contributed by atoms with van der Waals surface area (Å²) >= 11 is 0. The first-order chi connectivity index (χ1) is 13.4. The summed E-state index contributed by atoms with van der Waals surface area (Å²) in [4.78, 5) is -0.989. The quantitative estimate of drug-likeness (QED) is 0.269. The average molecular weight is 438 g/mol. The van der Waals surface area contributed by atoms with Gasteiger partial charge in [-0.15, -0.1) is 10.2 Å². The maximum absolute atomic E-state index is 11.5. The van der Waals surface area contributed by atoms with Crippen LogP contribution in [0.25, 0.3) is 10.8 Å². The Morgan fingerprint density at radius 3 is 2.10 bits per heavy atom. The van der Waals surface area contributed by atoms with E-state index >= 15 is 0 Å². The summed E-state index contributed by atoms with van der Waals surface area (Å²) in [6, 6.07) is 9.83. The van der Waals surface area contributed by atoms with Gasteiger partial charge >= 0.3 is 0 Å². The lowest BCUT2D eigenvalue weighted by Crippen LogP contribution is -1.98. The summed E-state index contributed by atoms with van der Waals surface area (Å²) in [5, 5.41) is 19.0. The molecule has 3 aromatic rings. The number of fused-ring (bicyclic) bond motifs is 1. The van der Waals surface area contributed by atoms with E-state index in [0.717, 1.165) is 17.2 Å². The molecule has 0 bridgehead atoms. The Hall–Kier alpha value is -2.54. The van der Waals surface area contributed by atoms with Crippen LogP contribution >= 0.6 is 10.9 Å². The lowest BCUT2D eigenvalue weighted by Gasteiger charge is -2.22. The second-order valence-corrected chi connectivity index (χ2v) is 9.20. The summed E-state index contributed by atoms with van der Waals surface area (Å²) < 4.78 is 61.8. The van der Waals surface area contributed by atoms with Gasteiger partial charge in [-0.05, 0) is 48.6 Å². The Balaban J connectivity index is 2.29. The number of phenols is 1. The predicted molar refractivity (Wildman–Crippen MR) is 109 cm³/mol. The van der Waals surface area contributed by atoms with Gasteiger partial charge in [0.1, 0.15) is 27.1 Å². The van der Waals surface area contributed by atoms with Crippen molar-refractivity contribution < 1.29 is 31.7 Å². The number of benzene rings is 3. The highest BCUT2D eigenvalue weighted by Crippen LogP contribution is 2.54. The molecule has 0 saturated heterocycles. The maximum Gasteiger partial charge on any atom is 0.296 e. The summed E-state index contributed by atoms with van der Waals surface area (Å²) in [7, 11) is -8.89. The number of hydrogen-bond donors (Lipinski definition) is 5. The van der Waals surface area contributed by atoms with Crippen molar-refractivity contribution >= 4 is 43.1 Å². The van der Waals surface area contributed by atoms with E-state index in [1.54, 1.807) is 19.1 Å². The molecular formula is C18H18N2O7S2. The topological polar surface area (TPSA) is 160 Å². The monoisotopic (exact) mass is 438 g/mol. The number of aryl methyl sites for hydroxylation is 2. The average Bonchev–Trinajstić information content (AvgIpc) is 2.62. The van der Waals surface area contributed by atoms with Gasteiger partial charge in [-0.2, -0.15) is 8.42 Å². The van der Waals surface area contributed by atoms with Crippen LogP contribution in [-0.4, -0.2) is 31.7 Å². The SMILES string of the molecule is Cc1ccc2c(O)c(N=Nc3ccccc3S(=O)(=O)O)c(S(O)(O)O)cc2c1C. The van der Waals surface area contributed by atoms with Gasteiger partial charge in [-0.3, -0.25) is 4.55 Å². The molecule has 154 valence electrons. The number of phenolic OH excluding ortho intramolecular Hbond substituents is 1. The molecule has 3 rings (SSSR count). The molecule has 0 aliphatic rings. The second kappa shape index (κ2) is 7.37.